The van der Waals surface area contributed by atoms with E-state index in [4.69, 9.17) is 24.4 Å². The van der Waals surface area contributed by atoms with Crippen molar-refractivity contribution in [2.24, 2.45) is 0 Å². The molecule has 0 aromatic carbocycles. The summed E-state index contributed by atoms with van der Waals surface area (Å²) in [5, 5.41) is 0. The van der Waals surface area contributed by atoms with Crippen LogP contribution in [-0.4, -0.2) is 72.5 Å². The van der Waals surface area contributed by atoms with Gasteiger partial charge in [0, 0.05) is 48.6 Å². The molecular formula is C16H19BrN6O2. The second-order valence-electron chi connectivity index (χ2n) is 5.85. The first-order valence-corrected chi connectivity index (χ1v) is 9.11. The second kappa shape index (κ2) is 7.59. The maximum Gasteiger partial charge on any atom is 0.230 e. The zero-order chi connectivity index (χ0) is 17.1. The fourth-order valence-corrected chi connectivity index (χ4v) is 3.19. The predicted molar refractivity (Wildman–Crippen MR) is 96.8 cm³/mol. The topological polar surface area (TPSA) is 76.5 Å². The molecule has 0 radical (unpaired) electrons. The van der Waals surface area contributed by atoms with E-state index in [1.165, 1.54) is 0 Å². The molecule has 9 heteroatoms. The molecular weight excluding hydrogens is 388 g/mol. The van der Waals surface area contributed by atoms with Crippen molar-refractivity contribution in [1.29, 1.82) is 0 Å². The minimum absolute atomic E-state index is 0.631. The van der Waals surface area contributed by atoms with Crippen LogP contribution < -0.4 is 9.80 Å². The van der Waals surface area contributed by atoms with Crippen molar-refractivity contribution in [3.05, 3.63) is 22.9 Å². The molecule has 132 valence electrons. The van der Waals surface area contributed by atoms with Gasteiger partial charge in [0.15, 0.2) is 5.82 Å². The summed E-state index contributed by atoms with van der Waals surface area (Å²) in [6, 6.07) is 1.97. The van der Waals surface area contributed by atoms with Gasteiger partial charge in [0.25, 0.3) is 0 Å². The standard InChI is InChI=1S/C16H19BrN6O2/c17-13-9-12(10-18-11-13)14-19-15(22-1-5-24-6-2-22)21-16(20-14)23-3-7-25-8-4-23/h9-11H,1-8H2. The highest BCUT2D eigenvalue weighted by Gasteiger charge is 2.21. The largest absolute Gasteiger partial charge is 0.378 e. The molecule has 25 heavy (non-hydrogen) atoms. The summed E-state index contributed by atoms with van der Waals surface area (Å²) in [5.41, 5.74) is 0.862. The van der Waals surface area contributed by atoms with Crippen LogP contribution in [-0.2, 0) is 9.47 Å². The fourth-order valence-electron chi connectivity index (χ4n) is 2.83. The molecule has 2 fully saturated rings. The summed E-state index contributed by atoms with van der Waals surface area (Å²) >= 11 is 3.46. The first kappa shape index (κ1) is 16.6. The van der Waals surface area contributed by atoms with Gasteiger partial charge in [-0.2, -0.15) is 15.0 Å². The van der Waals surface area contributed by atoms with Gasteiger partial charge in [0.1, 0.15) is 0 Å². The Balaban J connectivity index is 1.73. The maximum absolute atomic E-state index is 5.44. The zero-order valence-corrected chi connectivity index (χ0v) is 15.4. The second-order valence-corrected chi connectivity index (χ2v) is 6.77. The van der Waals surface area contributed by atoms with Crippen molar-refractivity contribution in [2.45, 2.75) is 0 Å². The van der Waals surface area contributed by atoms with Gasteiger partial charge >= 0.3 is 0 Å². The van der Waals surface area contributed by atoms with E-state index in [-0.39, 0.29) is 0 Å². The number of pyridine rings is 1. The van der Waals surface area contributed by atoms with Gasteiger partial charge in [-0.1, -0.05) is 0 Å². The third-order valence-electron chi connectivity index (χ3n) is 4.16. The van der Waals surface area contributed by atoms with E-state index in [0.717, 1.165) is 36.2 Å². The molecule has 0 amide bonds. The van der Waals surface area contributed by atoms with Crippen LogP contribution in [0.3, 0.4) is 0 Å². The molecule has 0 saturated carbocycles. The molecule has 4 heterocycles. The Labute approximate surface area is 154 Å². The summed E-state index contributed by atoms with van der Waals surface area (Å²) < 4.78 is 11.8. The van der Waals surface area contributed by atoms with E-state index in [1.807, 2.05) is 6.07 Å². The molecule has 0 unspecified atom stereocenters. The van der Waals surface area contributed by atoms with Crippen LogP contribution in [0.1, 0.15) is 0 Å². The number of nitrogens with zero attached hydrogens (tertiary/aromatic N) is 6. The Morgan fingerprint density at radius 1 is 0.800 bits per heavy atom. The molecule has 4 rings (SSSR count). The summed E-state index contributed by atoms with van der Waals surface area (Å²) in [5.74, 6) is 2.01. The average molecular weight is 407 g/mol. The van der Waals surface area contributed by atoms with E-state index in [0.29, 0.717) is 44.1 Å². The minimum atomic E-state index is 0.631. The Morgan fingerprint density at radius 3 is 1.88 bits per heavy atom. The normalized spacial score (nSPS) is 18.4. The Kier molecular flexibility index (Phi) is 5.04. The van der Waals surface area contributed by atoms with Crippen molar-refractivity contribution in [3.63, 3.8) is 0 Å². The highest BCUT2D eigenvalue weighted by Crippen LogP contribution is 2.24. The molecule has 2 aliphatic heterocycles. The summed E-state index contributed by atoms with van der Waals surface area (Å²) in [4.78, 5) is 22.6. The molecule has 0 bridgehead atoms. The van der Waals surface area contributed by atoms with Gasteiger partial charge in [0.05, 0.1) is 26.4 Å². The molecule has 0 aliphatic carbocycles. The van der Waals surface area contributed by atoms with Crippen molar-refractivity contribution in [2.75, 3.05) is 62.4 Å². The Hall–Kier alpha value is -1.84. The highest BCUT2D eigenvalue weighted by molar-refractivity contribution is 9.10. The molecule has 2 saturated heterocycles. The Bertz CT molecular complexity index is 698. The third-order valence-corrected chi connectivity index (χ3v) is 4.60. The van der Waals surface area contributed by atoms with E-state index in [1.54, 1.807) is 12.4 Å². The lowest BCUT2D eigenvalue weighted by Gasteiger charge is -2.30. The van der Waals surface area contributed by atoms with Gasteiger partial charge < -0.3 is 19.3 Å². The molecule has 2 aromatic heterocycles. The molecule has 2 aliphatic rings. The summed E-state index contributed by atoms with van der Waals surface area (Å²) in [7, 11) is 0. The number of aromatic nitrogens is 4. The maximum atomic E-state index is 5.44. The van der Waals surface area contributed by atoms with Crippen LogP contribution in [0.15, 0.2) is 22.9 Å². The lowest BCUT2D eigenvalue weighted by molar-refractivity contribution is 0.121. The smallest absolute Gasteiger partial charge is 0.230 e. The third kappa shape index (κ3) is 3.88. The van der Waals surface area contributed by atoms with E-state index < -0.39 is 0 Å². The molecule has 0 atom stereocenters. The number of hydrogen-bond donors (Lipinski definition) is 0. The lowest BCUT2D eigenvalue weighted by Crippen LogP contribution is -2.40. The van der Waals surface area contributed by atoms with E-state index in [2.05, 4.69) is 30.7 Å². The van der Waals surface area contributed by atoms with Gasteiger partial charge in [-0.15, -0.1) is 0 Å². The van der Waals surface area contributed by atoms with Crippen LogP contribution in [0.5, 0.6) is 0 Å². The van der Waals surface area contributed by atoms with Crippen molar-refractivity contribution in [1.82, 2.24) is 19.9 Å². The Morgan fingerprint density at radius 2 is 1.36 bits per heavy atom. The SMILES string of the molecule is Brc1cncc(-c2nc(N3CCOCC3)nc(N3CCOCC3)n2)c1. The molecule has 8 nitrogen and oxygen atoms in total. The number of rotatable bonds is 3. The zero-order valence-electron chi connectivity index (χ0n) is 13.8. The van der Waals surface area contributed by atoms with Gasteiger partial charge in [-0.25, -0.2) is 0 Å². The fraction of sp³-hybridized carbons (Fsp3) is 0.500. The number of hydrogen-bond acceptors (Lipinski definition) is 8. The molecule has 2 aromatic rings. The van der Waals surface area contributed by atoms with Crippen LogP contribution in [0, 0.1) is 0 Å². The van der Waals surface area contributed by atoms with Crippen molar-refractivity contribution >= 4 is 27.8 Å². The van der Waals surface area contributed by atoms with Gasteiger partial charge in [-0.05, 0) is 22.0 Å². The average Bonchev–Trinajstić information content (AvgIpc) is 2.69. The monoisotopic (exact) mass is 406 g/mol. The summed E-state index contributed by atoms with van der Waals surface area (Å²) in [6.07, 6.45) is 3.52. The number of morpholine rings is 2. The van der Waals surface area contributed by atoms with E-state index >= 15 is 0 Å². The van der Waals surface area contributed by atoms with E-state index in [9.17, 15) is 0 Å². The van der Waals surface area contributed by atoms with Crippen LogP contribution >= 0.6 is 15.9 Å². The van der Waals surface area contributed by atoms with Gasteiger partial charge in [-0.3, -0.25) is 4.98 Å². The number of halogens is 1. The quantitative estimate of drug-likeness (QED) is 0.756. The van der Waals surface area contributed by atoms with Crippen molar-refractivity contribution in [3.8, 4) is 11.4 Å². The summed E-state index contributed by atoms with van der Waals surface area (Å²) in [6.45, 7) is 5.87. The van der Waals surface area contributed by atoms with Crippen molar-refractivity contribution < 1.29 is 9.47 Å². The van der Waals surface area contributed by atoms with Crippen LogP contribution in [0.25, 0.3) is 11.4 Å². The number of ether oxygens (including phenoxy) is 2. The van der Waals surface area contributed by atoms with Gasteiger partial charge in [0.2, 0.25) is 11.9 Å². The predicted octanol–water partition coefficient (Wildman–Crippen LogP) is 1.37. The van der Waals surface area contributed by atoms with Crippen LogP contribution in [0.4, 0.5) is 11.9 Å². The first-order valence-electron chi connectivity index (χ1n) is 8.32. The highest BCUT2D eigenvalue weighted by atomic mass is 79.9. The molecule has 0 spiro atoms. The van der Waals surface area contributed by atoms with Crippen LogP contribution in [0.2, 0.25) is 0 Å². The first-order chi connectivity index (χ1) is 12.3. The molecule has 0 N–H and O–H groups in total. The number of anilines is 2. The lowest BCUT2D eigenvalue weighted by atomic mass is 10.3. The minimum Gasteiger partial charge on any atom is -0.378 e.